The fourth-order valence-corrected chi connectivity index (χ4v) is 3.40. The van der Waals surface area contributed by atoms with Gasteiger partial charge in [-0.3, -0.25) is 4.18 Å². The van der Waals surface area contributed by atoms with Crippen molar-refractivity contribution in [2.75, 3.05) is 19.6 Å². The number of hydrogen-bond donors (Lipinski definition) is 0. The van der Waals surface area contributed by atoms with Gasteiger partial charge in [0.1, 0.15) is 5.58 Å². The third-order valence-electron chi connectivity index (χ3n) is 4.01. The zero-order chi connectivity index (χ0) is 17.4. The highest BCUT2D eigenvalue weighted by Crippen LogP contribution is 2.28. The number of benzene rings is 1. The van der Waals surface area contributed by atoms with E-state index in [2.05, 4.69) is 4.18 Å². The summed E-state index contributed by atoms with van der Waals surface area (Å²) in [5, 5.41) is 0.992. The van der Waals surface area contributed by atoms with Crippen LogP contribution in [0.2, 0.25) is 0 Å². The first-order valence-corrected chi connectivity index (χ1v) is 8.83. The Morgan fingerprint density at radius 2 is 2.08 bits per heavy atom. The van der Waals surface area contributed by atoms with Crippen LogP contribution in [0.25, 0.3) is 11.0 Å². The van der Waals surface area contributed by atoms with E-state index in [9.17, 15) is 21.6 Å². The van der Waals surface area contributed by atoms with Crippen molar-refractivity contribution in [2.24, 2.45) is 0 Å². The minimum absolute atomic E-state index is 0.170. The highest BCUT2D eigenvalue weighted by molar-refractivity contribution is 7.87. The maximum atomic E-state index is 12.3. The van der Waals surface area contributed by atoms with Crippen molar-refractivity contribution in [1.82, 2.24) is 4.90 Å². The Labute approximate surface area is 137 Å². The summed E-state index contributed by atoms with van der Waals surface area (Å²) in [6, 6.07) is 7.66. The summed E-state index contributed by atoms with van der Waals surface area (Å²) < 4.78 is 68.5. The molecule has 2 aromatic rings. The summed E-state index contributed by atoms with van der Waals surface area (Å²) in [6.07, 6.45) is 1.63. The molecule has 5 nitrogen and oxygen atoms in total. The van der Waals surface area contributed by atoms with E-state index in [0.29, 0.717) is 19.5 Å². The third-order valence-corrected chi connectivity index (χ3v) is 5.10. The highest BCUT2D eigenvalue weighted by atomic mass is 32.2. The first kappa shape index (κ1) is 17.2. The summed E-state index contributed by atoms with van der Waals surface area (Å²) in [5.41, 5.74) is -3.50. The normalized spacial score (nSPS) is 20.0. The highest BCUT2D eigenvalue weighted by Gasteiger charge is 2.49. The lowest BCUT2D eigenvalue weighted by molar-refractivity contribution is -0.0569. The number of likely N-dealkylation sites (tertiary alicyclic amines) is 1. The molecule has 132 valence electrons. The van der Waals surface area contributed by atoms with E-state index >= 15 is 0 Å². The Morgan fingerprint density at radius 3 is 2.83 bits per heavy atom. The number of halogens is 3. The van der Waals surface area contributed by atoms with Gasteiger partial charge in [-0.1, -0.05) is 6.07 Å². The molecule has 1 aromatic heterocycles. The van der Waals surface area contributed by atoms with Crippen LogP contribution in [0.3, 0.4) is 0 Å². The summed E-state index contributed by atoms with van der Waals surface area (Å²) >= 11 is 0. The lowest BCUT2D eigenvalue weighted by Crippen LogP contribution is -2.32. The molecule has 0 radical (unpaired) electrons. The molecule has 3 rings (SSSR count). The molecular weight excluding hydrogens is 347 g/mol. The Kier molecular flexibility index (Phi) is 4.58. The van der Waals surface area contributed by atoms with Crippen molar-refractivity contribution in [2.45, 2.75) is 24.5 Å². The average Bonchev–Trinajstić information content (AvgIpc) is 3.11. The van der Waals surface area contributed by atoms with E-state index < -0.39 is 21.7 Å². The van der Waals surface area contributed by atoms with Gasteiger partial charge in [-0.2, -0.15) is 21.6 Å². The maximum absolute atomic E-state index is 12.3. The van der Waals surface area contributed by atoms with E-state index in [0.717, 1.165) is 16.5 Å². The minimum atomic E-state index is -5.53. The van der Waals surface area contributed by atoms with Crippen molar-refractivity contribution in [3.8, 4) is 0 Å². The Hall–Kier alpha value is -1.58. The molecule has 1 aliphatic heterocycles. The van der Waals surface area contributed by atoms with Gasteiger partial charge in [0.2, 0.25) is 0 Å². The number of alkyl halides is 3. The lowest BCUT2D eigenvalue weighted by atomic mass is 10.1. The van der Waals surface area contributed by atoms with Crippen LogP contribution in [-0.4, -0.2) is 44.6 Å². The second-order valence-electron chi connectivity index (χ2n) is 5.75. The van der Waals surface area contributed by atoms with Gasteiger partial charge in [0, 0.05) is 25.0 Å². The van der Waals surface area contributed by atoms with Crippen LogP contribution in [0.5, 0.6) is 0 Å². The van der Waals surface area contributed by atoms with E-state index in [-0.39, 0.29) is 13.0 Å². The molecule has 24 heavy (non-hydrogen) atoms. The SMILES string of the molecule is O=S(=O)(OC1CCN(CCc2ccc3occc3c2)C1)C(F)(F)F. The van der Waals surface area contributed by atoms with E-state index in [1.54, 1.807) is 6.26 Å². The van der Waals surface area contributed by atoms with Crippen molar-refractivity contribution in [3.05, 3.63) is 36.1 Å². The molecule has 9 heteroatoms. The predicted molar refractivity (Wildman–Crippen MR) is 80.8 cm³/mol. The van der Waals surface area contributed by atoms with Crippen LogP contribution in [0.1, 0.15) is 12.0 Å². The van der Waals surface area contributed by atoms with Gasteiger partial charge >= 0.3 is 15.6 Å². The molecule has 1 saturated heterocycles. The summed E-state index contributed by atoms with van der Waals surface area (Å²) in [5.74, 6) is 0. The number of nitrogens with zero attached hydrogens (tertiary/aromatic N) is 1. The number of rotatable bonds is 5. The predicted octanol–water partition coefficient (Wildman–Crippen LogP) is 2.92. The first-order valence-electron chi connectivity index (χ1n) is 7.43. The van der Waals surface area contributed by atoms with Crippen LogP contribution in [0, 0.1) is 0 Å². The van der Waals surface area contributed by atoms with Crippen LogP contribution in [0.4, 0.5) is 13.2 Å². The molecule has 0 bridgehead atoms. The van der Waals surface area contributed by atoms with Gasteiger partial charge in [-0.05, 0) is 36.6 Å². The summed E-state index contributed by atoms with van der Waals surface area (Å²) in [4.78, 5) is 1.90. The average molecular weight is 363 g/mol. The monoisotopic (exact) mass is 363 g/mol. The molecule has 1 aliphatic rings. The second kappa shape index (κ2) is 6.38. The third kappa shape index (κ3) is 3.73. The quantitative estimate of drug-likeness (QED) is 0.604. The van der Waals surface area contributed by atoms with Crippen molar-refractivity contribution in [3.63, 3.8) is 0 Å². The molecule has 2 heterocycles. The van der Waals surface area contributed by atoms with E-state index in [1.807, 2.05) is 29.2 Å². The smallest absolute Gasteiger partial charge is 0.464 e. The zero-order valence-corrected chi connectivity index (χ0v) is 13.4. The zero-order valence-electron chi connectivity index (χ0n) is 12.6. The van der Waals surface area contributed by atoms with Gasteiger partial charge in [0.25, 0.3) is 0 Å². The molecule has 1 unspecified atom stereocenters. The lowest BCUT2D eigenvalue weighted by Gasteiger charge is -2.16. The Bertz CT molecular complexity index is 815. The molecule has 0 saturated carbocycles. The summed E-state index contributed by atoms with van der Waals surface area (Å²) in [6.45, 7) is 1.30. The van der Waals surface area contributed by atoms with E-state index in [1.165, 1.54) is 0 Å². The number of furan rings is 1. The first-order chi connectivity index (χ1) is 11.2. The van der Waals surface area contributed by atoms with Crippen LogP contribution < -0.4 is 0 Å². The molecule has 0 amide bonds. The van der Waals surface area contributed by atoms with Crippen molar-refractivity contribution >= 4 is 21.1 Å². The largest absolute Gasteiger partial charge is 0.523 e. The fraction of sp³-hybridized carbons (Fsp3) is 0.467. The number of fused-ring (bicyclic) bond motifs is 1. The van der Waals surface area contributed by atoms with Crippen molar-refractivity contribution in [1.29, 1.82) is 0 Å². The van der Waals surface area contributed by atoms with Crippen LogP contribution >= 0.6 is 0 Å². The van der Waals surface area contributed by atoms with Gasteiger partial charge < -0.3 is 9.32 Å². The Balaban J connectivity index is 1.53. The van der Waals surface area contributed by atoms with Gasteiger partial charge in [-0.25, -0.2) is 0 Å². The molecule has 0 N–H and O–H groups in total. The Morgan fingerprint density at radius 1 is 1.29 bits per heavy atom. The topological polar surface area (TPSA) is 59.8 Å². The summed E-state index contributed by atoms with van der Waals surface area (Å²) in [7, 11) is -5.53. The molecular formula is C15H16F3NO4S. The molecule has 1 atom stereocenters. The van der Waals surface area contributed by atoms with Crippen LogP contribution in [0.15, 0.2) is 34.9 Å². The maximum Gasteiger partial charge on any atom is 0.523 e. The van der Waals surface area contributed by atoms with Gasteiger partial charge in [0.05, 0.1) is 12.4 Å². The van der Waals surface area contributed by atoms with Crippen molar-refractivity contribution < 1.29 is 30.2 Å². The minimum Gasteiger partial charge on any atom is -0.464 e. The number of hydrogen-bond acceptors (Lipinski definition) is 5. The van der Waals surface area contributed by atoms with Gasteiger partial charge in [0.15, 0.2) is 0 Å². The standard InChI is InChI=1S/C15H16F3NO4S/c16-15(17,18)24(20,21)23-13-4-7-19(10-13)6-3-11-1-2-14-12(9-11)5-8-22-14/h1-2,5,8-9,13H,3-4,6-7,10H2. The molecule has 1 aromatic carbocycles. The van der Waals surface area contributed by atoms with Crippen LogP contribution in [-0.2, 0) is 20.7 Å². The molecule has 0 aliphatic carbocycles. The second-order valence-corrected chi connectivity index (χ2v) is 7.31. The fourth-order valence-electron chi connectivity index (χ4n) is 2.77. The van der Waals surface area contributed by atoms with Gasteiger partial charge in [-0.15, -0.1) is 0 Å². The van der Waals surface area contributed by atoms with E-state index in [4.69, 9.17) is 4.42 Å². The molecule has 1 fully saturated rings. The molecule has 0 spiro atoms.